The van der Waals surface area contributed by atoms with Gasteiger partial charge >= 0.3 is 5.97 Å². The number of benzene rings is 1. The number of hydrogen-bond acceptors (Lipinski definition) is 3. The van der Waals surface area contributed by atoms with Crippen LogP contribution in [0.15, 0.2) is 22.6 Å². The Balaban J connectivity index is 2.46. The Hall–Kier alpha value is -2.10. The van der Waals surface area contributed by atoms with Crippen molar-refractivity contribution in [1.29, 1.82) is 0 Å². The van der Waals surface area contributed by atoms with Crippen LogP contribution >= 0.6 is 0 Å². The molecule has 1 N–H and O–H groups in total. The lowest BCUT2D eigenvalue weighted by atomic mass is 10.1. The highest BCUT2D eigenvalue weighted by molar-refractivity contribution is 5.86. The minimum atomic E-state index is -1.07. The highest BCUT2D eigenvalue weighted by Crippen LogP contribution is 2.25. The van der Waals surface area contributed by atoms with Gasteiger partial charge in [0, 0.05) is 5.56 Å². The molecule has 2 rings (SSSR count). The number of aryl methyl sites for hydroxylation is 2. The summed E-state index contributed by atoms with van der Waals surface area (Å²) in [5, 5.41) is 9.20. The zero-order valence-electron chi connectivity index (χ0n) is 12.2. The average Bonchev–Trinajstić information content (AvgIpc) is 2.76. The van der Waals surface area contributed by atoms with Gasteiger partial charge in [0.25, 0.3) is 0 Å². The zero-order valence-corrected chi connectivity index (χ0v) is 12.2. The van der Waals surface area contributed by atoms with Crippen molar-refractivity contribution in [3.8, 4) is 11.5 Å². The van der Waals surface area contributed by atoms with Crippen LogP contribution in [0.1, 0.15) is 41.2 Å². The van der Waals surface area contributed by atoms with Gasteiger partial charge in [-0.25, -0.2) is 9.78 Å². The smallest absolute Gasteiger partial charge is 0.373 e. The van der Waals surface area contributed by atoms with Gasteiger partial charge < -0.3 is 9.52 Å². The SMILES string of the molecule is Cc1ccc(-c2nc(CC(C)C)c(C(=O)O)o2)cc1C. The summed E-state index contributed by atoms with van der Waals surface area (Å²) >= 11 is 0. The molecular weight excluding hydrogens is 254 g/mol. The molecule has 1 aromatic heterocycles. The summed E-state index contributed by atoms with van der Waals surface area (Å²) in [6.45, 7) is 8.09. The standard InChI is InChI=1S/C16H19NO3/c1-9(2)7-13-14(16(18)19)20-15(17-13)12-6-5-10(3)11(4)8-12/h5-6,8-9H,7H2,1-4H3,(H,18,19). The quantitative estimate of drug-likeness (QED) is 0.918. The number of oxazole rings is 1. The highest BCUT2D eigenvalue weighted by Gasteiger charge is 2.21. The first-order valence-electron chi connectivity index (χ1n) is 6.69. The second-order valence-electron chi connectivity index (χ2n) is 5.50. The van der Waals surface area contributed by atoms with E-state index in [4.69, 9.17) is 4.42 Å². The first kappa shape index (κ1) is 14.3. The molecule has 0 aliphatic rings. The lowest BCUT2D eigenvalue weighted by molar-refractivity contribution is 0.0661. The van der Waals surface area contributed by atoms with Gasteiger partial charge in [0.15, 0.2) is 0 Å². The summed E-state index contributed by atoms with van der Waals surface area (Å²) in [7, 11) is 0. The predicted molar refractivity (Wildman–Crippen MR) is 76.9 cm³/mol. The van der Waals surface area contributed by atoms with Crippen molar-refractivity contribution < 1.29 is 14.3 Å². The van der Waals surface area contributed by atoms with E-state index in [1.807, 2.05) is 45.9 Å². The van der Waals surface area contributed by atoms with E-state index in [0.29, 0.717) is 23.9 Å². The maximum Gasteiger partial charge on any atom is 0.373 e. The molecule has 0 radical (unpaired) electrons. The van der Waals surface area contributed by atoms with E-state index < -0.39 is 5.97 Å². The Morgan fingerprint density at radius 1 is 1.30 bits per heavy atom. The maximum atomic E-state index is 11.2. The molecule has 2 aromatic rings. The van der Waals surface area contributed by atoms with Gasteiger partial charge in [-0.15, -0.1) is 0 Å². The van der Waals surface area contributed by atoms with Crippen LogP contribution in [0.4, 0.5) is 0 Å². The molecule has 4 nitrogen and oxygen atoms in total. The summed E-state index contributed by atoms with van der Waals surface area (Å²) in [6, 6.07) is 5.85. The van der Waals surface area contributed by atoms with Crippen molar-refractivity contribution in [3.05, 3.63) is 40.8 Å². The molecular formula is C16H19NO3. The van der Waals surface area contributed by atoms with Gasteiger partial charge in [-0.3, -0.25) is 0 Å². The Labute approximate surface area is 118 Å². The molecule has 0 saturated carbocycles. The topological polar surface area (TPSA) is 63.3 Å². The van der Waals surface area contributed by atoms with E-state index in [0.717, 1.165) is 11.1 Å². The average molecular weight is 273 g/mol. The van der Waals surface area contributed by atoms with Crippen molar-refractivity contribution in [2.24, 2.45) is 5.92 Å². The van der Waals surface area contributed by atoms with Crippen molar-refractivity contribution in [3.63, 3.8) is 0 Å². The van der Waals surface area contributed by atoms with Gasteiger partial charge in [-0.1, -0.05) is 19.9 Å². The molecule has 106 valence electrons. The van der Waals surface area contributed by atoms with Gasteiger partial charge in [0.1, 0.15) is 0 Å². The number of aromatic nitrogens is 1. The second-order valence-corrected chi connectivity index (χ2v) is 5.50. The molecule has 4 heteroatoms. The summed E-state index contributed by atoms with van der Waals surface area (Å²) in [4.78, 5) is 15.6. The number of aromatic carboxylic acids is 1. The number of carbonyl (C=O) groups is 1. The molecule has 0 bridgehead atoms. The lowest BCUT2D eigenvalue weighted by Crippen LogP contribution is -2.03. The largest absolute Gasteiger partial charge is 0.475 e. The Morgan fingerprint density at radius 2 is 2.00 bits per heavy atom. The normalized spacial score (nSPS) is 11.1. The third kappa shape index (κ3) is 2.90. The first-order valence-corrected chi connectivity index (χ1v) is 6.69. The Morgan fingerprint density at radius 3 is 2.55 bits per heavy atom. The molecule has 1 heterocycles. The number of rotatable bonds is 4. The van der Waals surface area contributed by atoms with Crippen LogP contribution in [0.25, 0.3) is 11.5 Å². The summed E-state index contributed by atoms with van der Waals surface area (Å²) in [5.41, 5.74) is 3.63. The molecule has 20 heavy (non-hydrogen) atoms. The minimum Gasteiger partial charge on any atom is -0.475 e. The molecule has 0 atom stereocenters. The van der Waals surface area contributed by atoms with Crippen LogP contribution in [-0.2, 0) is 6.42 Å². The van der Waals surface area contributed by atoms with Crippen LogP contribution in [0.5, 0.6) is 0 Å². The van der Waals surface area contributed by atoms with Crippen LogP contribution in [0.2, 0.25) is 0 Å². The monoisotopic (exact) mass is 273 g/mol. The van der Waals surface area contributed by atoms with Gasteiger partial charge in [-0.2, -0.15) is 0 Å². The Bertz CT molecular complexity index is 641. The predicted octanol–water partition coefficient (Wildman–Crippen LogP) is 3.86. The van der Waals surface area contributed by atoms with E-state index in [-0.39, 0.29) is 5.76 Å². The van der Waals surface area contributed by atoms with Crippen molar-refractivity contribution in [2.45, 2.75) is 34.1 Å². The highest BCUT2D eigenvalue weighted by atomic mass is 16.4. The van der Waals surface area contributed by atoms with E-state index in [9.17, 15) is 9.90 Å². The minimum absolute atomic E-state index is 0.0491. The van der Waals surface area contributed by atoms with Crippen molar-refractivity contribution in [1.82, 2.24) is 4.98 Å². The fourth-order valence-corrected chi connectivity index (χ4v) is 2.04. The fourth-order valence-electron chi connectivity index (χ4n) is 2.04. The van der Waals surface area contributed by atoms with E-state index >= 15 is 0 Å². The van der Waals surface area contributed by atoms with Crippen molar-refractivity contribution >= 4 is 5.97 Å². The number of carboxylic acid groups (broad SMARTS) is 1. The lowest BCUT2D eigenvalue weighted by Gasteiger charge is -2.01. The molecule has 0 saturated heterocycles. The van der Waals surface area contributed by atoms with Crippen LogP contribution < -0.4 is 0 Å². The number of nitrogens with zero attached hydrogens (tertiary/aromatic N) is 1. The molecule has 0 spiro atoms. The molecule has 0 aliphatic heterocycles. The van der Waals surface area contributed by atoms with E-state index in [1.165, 1.54) is 5.56 Å². The van der Waals surface area contributed by atoms with Gasteiger partial charge in [0.05, 0.1) is 5.69 Å². The van der Waals surface area contributed by atoms with Gasteiger partial charge in [-0.05, 0) is 49.4 Å². The molecule has 0 fully saturated rings. The second kappa shape index (κ2) is 5.49. The third-order valence-corrected chi connectivity index (χ3v) is 3.25. The molecule has 1 aromatic carbocycles. The molecule has 0 unspecified atom stereocenters. The van der Waals surface area contributed by atoms with Crippen molar-refractivity contribution in [2.75, 3.05) is 0 Å². The summed E-state index contributed by atoms with van der Waals surface area (Å²) < 4.78 is 5.45. The fraction of sp³-hybridized carbons (Fsp3) is 0.375. The number of carboxylic acids is 1. The molecule has 0 aliphatic carbocycles. The Kier molecular flexibility index (Phi) is 3.93. The van der Waals surface area contributed by atoms with E-state index in [1.54, 1.807) is 0 Å². The maximum absolute atomic E-state index is 11.2. The van der Waals surface area contributed by atoms with Crippen LogP contribution in [0.3, 0.4) is 0 Å². The van der Waals surface area contributed by atoms with Gasteiger partial charge in [0.2, 0.25) is 11.7 Å². The van der Waals surface area contributed by atoms with Crippen LogP contribution in [0, 0.1) is 19.8 Å². The summed E-state index contributed by atoms with van der Waals surface area (Å²) in [6.07, 6.45) is 0.593. The third-order valence-electron chi connectivity index (χ3n) is 3.25. The van der Waals surface area contributed by atoms with Crippen LogP contribution in [-0.4, -0.2) is 16.1 Å². The number of hydrogen-bond donors (Lipinski definition) is 1. The molecule has 0 amide bonds. The van der Waals surface area contributed by atoms with E-state index in [2.05, 4.69) is 4.98 Å². The summed E-state index contributed by atoms with van der Waals surface area (Å²) in [5.74, 6) is -0.415. The first-order chi connectivity index (χ1) is 9.38. The zero-order chi connectivity index (χ0) is 14.9.